The third-order valence-electron chi connectivity index (χ3n) is 3.12. The summed E-state index contributed by atoms with van der Waals surface area (Å²) >= 11 is 0. The van der Waals surface area contributed by atoms with Crippen LogP contribution in [0, 0.1) is 6.92 Å². The minimum Gasteiger partial charge on any atom is -0.328 e. The Morgan fingerprint density at radius 3 is 2.83 bits per heavy atom. The summed E-state index contributed by atoms with van der Waals surface area (Å²) < 4.78 is 2.17. The summed E-state index contributed by atoms with van der Waals surface area (Å²) in [5.41, 5.74) is 9.62. The summed E-state index contributed by atoms with van der Waals surface area (Å²) in [6.07, 6.45) is 5.72. The van der Waals surface area contributed by atoms with E-state index in [2.05, 4.69) is 41.6 Å². The van der Waals surface area contributed by atoms with Crippen LogP contribution < -0.4 is 5.73 Å². The van der Waals surface area contributed by atoms with Gasteiger partial charge in [-0.15, -0.1) is 0 Å². The molecule has 0 saturated heterocycles. The van der Waals surface area contributed by atoms with Gasteiger partial charge in [0, 0.05) is 30.5 Å². The molecule has 2 N–H and O–H groups in total. The third kappa shape index (κ3) is 2.62. The molecule has 1 heterocycles. The fraction of sp³-hybridized carbons (Fsp3) is 0.400. The molecule has 0 amide bonds. The molecule has 0 fully saturated rings. The second kappa shape index (κ2) is 5.36. The van der Waals surface area contributed by atoms with Crippen LogP contribution in [0.25, 0.3) is 5.69 Å². The van der Waals surface area contributed by atoms with Crippen molar-refractivity contribution in [3.8, 4) is 5.69 Å². The molecule has 1 unspecified atom stereocenters. The van der Waals surface area contributed by atoms with Crippen LogP contribution in [0.5, 0.6) is 0 Å². The van der Waals surface area contributed by atoms with E-state index >= 15 is 0 Å². The summed E-state index contributed by atoms with van der Waals surface area (Å²) in [6.45, 7) is 6.29. The topological polar surface area (TPSA) is 43.8 Å². The second-order valence-corrected chi connectivity index (χ2v) is 4.87. The quantitative estimate of drug-likeness (QED) is 0.897. The zero-order valence-corrected chi connectivity index (χ0v) is 11.4. The summed E-state index contributed by atoms with van der Waals surface area (Å²) in [5.74, 6) is 1.09. The molecule has 2 aromatic rings. The van der Waals surface area contributed by atoms with Gasteiger partial charge < -0.3 is 10.3 Å². The van der Waals surface area contributed by atoms with Crippen molar-refractivity contribution in [3.05, 3.63) is 47.5 Å². The van der Waals surface area contributed by atoms with Crippen molar-refractivity contribution in [2.24, 2.45) is 5.73 Å². The average Bonchev–Trinajstić information content (AvgIpc) is 2.79. The molecule has 96 valence electrons. The van der Waals surface area contributed by atoms with Crippen molar-refractivity contribution in [3.63, 3.8) is 0 Å². The number of hydrogen-bond acceptors (Lipinski definition) is 2. The molecule has 0 spiro atoms. The Kier molecular flexibility index (Phi) is 3.82. The van der Waals surface area contributed by atoms with Gasteiger partial charge in [0.15, 0.2) is 0 Å². The van der Waals surface area contributed by atoms with Crippen molar-refractivity contribution in [1.82, 2.24) is 9.55 Å². The average molecular weight is 243 g/mol. The monoisotopic (exact) mass is 243 g/mol. The van der Waals surface area contributed by atoms with Gasteiger partial charge in [-0.1, -0.05) is 19.1 Å². The normalized spacial score (nSPS) is 12.7. The highest BCUT2D eigenvalue weighted by atomic mass is 15.1. The predicted octanol–water partition coefficient (Wildman–Crippen LogP) is 2.63. The molecule has 1 aromatic heterocycles. The smallest absolute Gasteiger partial charge is 0.112 e. The number of aryl methyl sites for hydroxylation is 2. The zero-order chi connectivity index (χ0) is 13.1. The largest absolute Gasteiger partial charge is 0.328 e. The van der Waals surface area contributed by atoms with Crippen LogP contribution in [-0.2, 0) is 12.8 Å². The molecular formula is C15H21N3. The first-order valence-corrected chi connectivity index (χ1v) is 6.49. The Morgan fingerprint density at radius 1 is 1.39 bits per heavy atom. The molecule has 0 aliphatic carbocycles. The Morgan fingerprint density at radius 2 is 2.17 bits per heavy atom. The van der Waals surface area contributed by atoms with Crippen LogP contribution in [-0.4, -0.2) is 15.6 Å². The van der Waals surface area contributed by atoms with E-state index < -0.39 is 0 Å². The molecule has 3 heteroatoms. The van der Waals surface area contributed by atoms with E-state index in [1.165, 1.54) is 16.8 Å². The maximum Gasteiger partial charge on any atom is 0.112 e. The number of imidazole rings is 1. The summed E-state index contributed by atoms with van der Waals surface area (Å²) in [7, 11) is 0. The van der Waals surface area contributed by atoms with Gasteiger partial charge in [-0.25, -0.2) is 4.98 Å². The molecule has 0 radical (unpaired) electrons. The fourth-order valence-corrected chi connectivity index (χ4v) is 2.23. The minimum atomic E-state index is 0.189. The second-order valence-electron chi connectivity index (χ2n) is 4.87. The number of aromatic nitrogens is 2. The van der Waals surface area contributed by atoms with Crippen LogP contribution in [0.1, 0.15) is 30.8 Å². The Balaban J connectivity index is 2.43. The molecule has 0 bridgehead atoms. The van der Waals surface area contributed by atoms with Gasteiger partial charge in [-0.05, 0) is 37.5 Å². The SMILES string of the molecule is CCc1nccn1-c1cc(CC(C)N)ccc1C. The molecule has 3 nitrogen and oxygen atoms in total. The van der Waals surface area contributed by atoms with Gasteiger partial charge in [0.25, 0.3) is 0 Å². The van der Waals surface area contributed by atoms with E-state index in [1.807, 2.05) is 19.3 Å². The van der Waals surface area contributed by atoms with Crippen molar-refractivity contribution >= 4 is 0 Å². The molecule has 1 aromatic carbocycles. The Bertz CT molecular complexity index is 526. The number of hydrogen-bond donors (Lipinski definition) is 1. The molecule has 2 rings (SSSR count). The Labute approximate surface area is 109 Å². The van der Waals surface area contributed by atoms with Crippen molar-refractivity contribution in [2.75, 3.05) is 0 Å². The van der Waals surface area contributed by atoms with Crippen LogP contribution in [0.2, 0.25) is 0 Å². The van der Waals surface area contributed by atoms with Gasteiger partial charge in [0.2, 0.25) is 0 Å². The molecule has 0 saturated carbocycles. The molecule has 0 aliphatic rings. The summed E-state index contributed by atoms with van der Waals surface area (Å²) in [4.78, 5) is 4.38. The predicted molar refractivity (Wildman–Crippen MR) is 75.0 cm³/mol. The zero-order valence-electron chi connectivity index (χ0n) is 11.4. The number of nitrogens with two attached hydrogens (primary N) is 1. The van der Waals surface area contributed by atoms with Gasteiger partial charge in [0.05, 0.1) is 0 Å². The van der Waals surface area contributed by atoms with E-state index in [-0.39, 0.29) is 6.04 Å². The summed E-state index contributed by atoms with van der Waals surface area (Å²) in [6, 6.07) is 6.73. The lowest BCUT2D eigenvalue weighted by molar-refractivity contribution is 0.737. The van der Waals surface area contributed by atoms with E-state index in [0.717, 1.165) is 18.7 Å². The van der Waals surface area contributed by atoms with E-state index in [4.69, 9.17) is 5.73 Å². The maximum atomic E-state index is 5.87. The number of benzene rings is 1. The molecule has 18 heavy (non-hydrogen) atoms. The Hall–Kier alpha value is -1.61. The summed E-state index contributed by atoms with van der Waals surface area (Å²) in [5, 5.41) is 0. The standard InChI is InChI=1S/C15H21N3/c1-4-15-17-7-8-18(15)14-10-13(9-12(3)16)6-5-11(14)2/h5-8,10,12H,4,9,16H2,1-3H3. The van der Waals surface area contributed by atoms with Crippen LogP contribution in [0.4, 0.5) is 0 Å². The highest BCUT2D eigenvalue weighted by molar-refractivity contribution is 5.44. The number of nitrogens with zero attached hydrogens (tertiary/aromatic N) is 2. The van der Waals surface area contributed by atoms with E-state index in [1.54, 1.807) is 0 Å². The highest BCUT2D eigenvalue weighted by Crippen LogP contribution is 2.19. The third-order valence-corrected chi connectivity index (χ3v) is 3.12. The van der Waals surface area contributed by atoms with Crippen LogP contribution in [0.3, 0.4) is 0 Å². The van der Waals surface area contributed by atoms with Crippen LogP contribution in [0.15, 0.2) is 30.6 Å². The fourth-order valence-electron chi connectivity index (χ4n) is 2.23. The molecular weight excluding hydrogens is 222 g/mol. The van der Waals surface area contributed by atoms with Gasteiger partial charge in [0.1, 0.15) is 5.82 Å². The first kappa shape index (κ1) is 12.8. The molecule has 0 aliphatic heterocycles. The van der Waals surface area contributed by atoms with Crippen molar-refractivity contribution in [2.45, 2.75) is 39.7 Å². The lowest BCUT2D eigenvalue weighted by Gasteiger charge is -2.13. The van der Waals surface area contributed by atoms with Gasteiger partial charge >= 0.3 is 0 Å². The number of rotatable bonds is 4. The van der Waals surface area contributed by atoms with E-state index in [9.17, 15) is 0 Å². The first-order valence-electron chi connectivity index (χ1n) is 6.49. The lowest BCUT2D eigenvalue weighted by atomic mass is 10.0. The van der Waals surface area contributed by atoms with E-state index in [0.29, 0.717) is 0 Å². The van der Waals surface area contributed by atoms with Gasteiger partial charge in [-0.3, -0.25) is 0 Å². The molecule has 1 atom stereocenters. The van der Waals surface area contributed by atoms with Gasteiger partial charge in [-0.2, -0.15) is 0 Å². The van der Waals surface area contributed by atoms with Crippen molar-refractivity contribution < 1.29 is 0 Å². The lowest BCUT2D eigenvalue weighted by Crippen LogP contribution is -2.18. The highest BCUT2D eigenvalue weighted by Gasteiger charge is 2.07. The minimum absolute atomic E-state index is 0.189. The first-order chi connectivity index (χ1) is 8.61. The maximum absolute atomic E-state index is 5.87. The van der Waals surface area contributed by atoms with Crippen molar-refractivity contribution in [1.29, 1.82) is 0 Å². The van der Waals surface area contributed by atoms with Crippen LogP contribution >= 0.6 is 0 Å².